The van der Waals surface area contributed by atoms with Gasteiger partial charge in [-0.3, -0.25) is 4.79 Å². The van der Waals surface area contributed by atoms with Crippen LogP contribution in [0.2, 0.25) is 0 Å². The predicted molar refractivity (Wildman–Crippen MR) is 97.2 cm³/mol. The van der Waals surface area contributed by atoms with Crippen molar-refractivity contribution in [2.24, 2.45) is 7.05 Å². The van der Waals surface area contributed by atoms with Gasteiger partial charge in [-0.15, -0.1) is 21.5 Å². The highest BCUT2D eigenvalue weighted by molar-refractivity contribution is 7.98. The SMILES string of the molecule is CC(=O)Nc1nc(CSc2nnc(-c3ccc(C)cc3)n2C)cs1. The minimum atomic E-state index is -0.111. The molecule has 2 aromatic heterocycles. The summed E-state index contributed by atoms with van der Waals surface area (Å²) in [6.45, 7) is 3.53. The van der Waals surface area contributed by atoms with E-state index in [0.717, 1.165) is 22.2 Å². The highest BCUT2D eigenvalue weighted by Crippen LogP contribution is 2.26. The van der Waals surface area contributed by atoms with Gasteiger partial charge in [0.05, 0.1) is 5.69 Å². The van der Waals surface area contributed by atoms with Crippen LogP contribution in [-0.4, -0.2) is 25.7 Å². The number of nitrogens with zero attached hydrogens (tertiary/aromatic N) is 4. The molecule has 0 radical (unpaired) electrons. The van der Waals surface area contributed by atoms with Crippen LogP contribution in [0.3, 0.4) is 0 Å². The summed E-state index contributed by atoms with van der Waals surface area (Å²) in [6.07, 6.45) is 0. The molecule has 24 heavy (non-hydrogen) atoms. The Morgan fingerprint density at radius 3 is 2.75 bits per heavy atom. The molecule has 8 heteroatoms. The molecule has 0 fully saturated rings. The van der Waals surface area contributed by atoms with E-state index >= 15 is 0 Å². The lowest BCUT2D eigenvalue weighted by Crippen LogP contribution is -2.05. The van der Waals surface area contributed by atoms with Crippen molar-refractivity contribution in [3.63, 3.8) is 0 Å². The topological polar surface area (TPSA) is 72.7 Å². The van der Waals surface area contributed by atoms with Crippen molar-refractivity contribution in [3.05, 3.63) is 40.9 Å². The number of hydrogen-bond donors (Lipinski definition) is 1. The van der Waals surface area contributed by atoms with Crippen LogP contribution < -0.4 is 5.32 Å². The molecule has 0 aliphatic heterocycles. The molecule has 0 unspecified atom stereocenters. The molecular weight excluding hydrogens is 342 g/mol. The first-order chi connectivity index (χ1) is 11.5. The molecule has 0 bridgehead atoms. The van der Waals surface area contributed by atoms with Crippen molar-refractivity contribution < 1.29 is 4.79 Å². The Balaban J connectivity index is 1.69. The van der Waals surface area contributed by atoms with E-state index in [9.17, 15) is 4.79 Å². The van der Waals surface area contributed by atoms with Gasteiger partial charge in [0, 0.05) is 30.7 Å². The maximum Gasteiger partial charge on any atom is 0.223 e. The maximum absolute atomic E-state index is 11.0. The van der Waals surface area contributed by atoms with Gasteiger partial charge in [-0.1, -0.05) is 41.6 Å². The Morgan fingerprint density at radius 2 is 2.04 bits per heavy atom. The summed E-state index contributed by atoms with van der Waals surface area (Å²) in [7, 11) is 1.96. The summed E-state index contributed by atoms with van der Waals surface area (Å²) in [5, 5.41) is 14.6. The van der Waals surface area contributed by atoms with Crippen LogP contribution in [0.25, 0.3) is 11.4 Å². The standard InChI is InChI=1S/C16H17N5OS2/c1-10-4-6-12(7-5-10)14-19-20-16(21(14)3)24-9-13-8-23-15(18-13)17-11(2)22/h4-8H,9H2,1-3H3,(H,17,18,22). The van der Waals surface area contributed by atoms with Gasteiger partial charge in [0.25, 0.3) is 0 Å². The largest absolute Gasteiger partial charge is 0.305 e. The summed E-state index contributed by atoms with van der Waals surface area (Å²) in [6, 6.07) is 8.23. The van der Waals surface area contributed by atoms with Gasteiger partial charge in [0.1, 0.15) is 0 Å². The predicted octanol–water partition coefficient (Wildman–Crippen LogP) is 3.50. The molecule has 0 saturated heterocycles. The Morgan fingerprint density at radius 1 is 1.29 bits per heavy atom. The van der Waals surface area contributed by atoms with Crippen molar-refractivity contribution in [2.75, 3.05) is 5.32 Å². The number of thiazole rings is 1. The van der Waals surface area contributed by atoms with Gasteiger partial charge in [-0.05, 0) is 6.92 Å². The van der Waals surface area contributed by atoms with Gasteiger partial charge in [-0.25, -0.2) is 4.98 Å². The van der Waals surface area contributed by atoms with Crippen LogP contribution in [0.15, 0.2) is 34.8 Å². The molecular formula is C16H17N5OS2. The fourth-order valence-corrected chi connectivity index (χ4v) is 3.78. The maximum atomic E-state index is 11.0. The summed E-state index contributed by atoms with van der Waals surface area (Å²) in [5.41, 5.74) is 3.17. The van der Waals surface area contributed by atoms with Crippen LogP contribution >= 0.6 is 23.1 Å². The number of carbonyl (C=O) groups is 1. The van der Waals surface area contributed by atoms with Gasteiger partial charge in [-0.2, -0.15) is 0 Å². The van der Waals surface area contributed by atoms with E-state index < -0.39 is 0 Å². The number of amides is 1. The molecule has 2 heterocycles. The summed E-state index contributed by atoms with van der Waals surface area (Å²) >= 11 is 2.99. The zero-order valence-electron chi connectivity index (χ0n) is 13.6. The summed E-state index contributed by atoms with van der Waals surface area (Å²) < 4.78 is 1.98. The third-order valence-corrected chi connectivity index (χ3v) is 5.19. The van der Waals surface area contributed by atoms with E-state index in [4.69, 9.17) is 0 Å². The zero-order valence-corrected chi connectivity index (χ0v) is 15.2. The lowest BCUT2D eigenvalue weighted by atomic mass is 10.1. The lowest BCUT2D eigenvalue weighted by Gasteiger charge is -2.03. The third-order valence-electron chi connectivity index (χ3n) is 3.33. The molecule has 0 aliphatic rings. The molecule has 1 amide bonds. The molecule has 0 aliphatic carbocycles. The number of carbonyl (C=O) groups excluding carboxylic acids is 1. The van der Waals surface area contributed by atoms with Crippen LogP contribution in [0.1, 0.15) is 18.2 Å². The molecule has 3 rings (SSSR count). The number of anilines is 1. The fourth-order valence-electron chi connectivity index (χ4n) is 2.11. The molecule has 1 N–H and O–H groups in total. The highest BCUT2D eigenvalue weighted by Gasteiger charge is 2.12. The minimum Gasteiger partial charge on any atom is -0.305 e. The van der Waals surface area contributed by atoms with Gasteiger partial charge >= 0.3 is 0 Å². The average molecular weight is 359 g/mol. The Labute approximate surface area is 148 Å². The van der Waals surface area contributed by atoms with Gasteiger partial charge in [0.15, 0.2) is 16.1 Å². The van der Waals surface area contributed by atoms with E-state index in [2.05, 4.69) is 39.6 Å². The molecule has 0 saturated carbocycles. The quantitative estimate of drug-likeness (QED) is 0.706. The zero-order chi connectivity index (χ0) is 17.1. The summed E-state index contributed by atoms with van der Waals surface area (Å²) in [4.78, 5) is 15.4. The molecule has 0 spiro atoms. The van der Waals surface area contributed by atoms with Crippen molar-refractivity contribution in [2.45, 2.75) is 24.8 Å². The fraction of sp³-hybridized carbons (Fsp3) is 0.250. The normalized spacial score (nSPS) is 10.8. The second-order valence-electron chi connectivity index (χ2n) is 5.35. The monoisotopic (exact) mass is 359 g/mol. The average Bonchev–Trinajstić information content (AvgIpc) is 3.12. The number of aryl methyl sites for hydroxylation is 1. The number of rotatable bonds is 5. The Hall–Kier alpha value is -2.19. The third kappa shape index (κ3) is 3.82. The first kappa shape index (κ1) is 16.7. The van der Waals surface area contributed by atoms with Crippen molar-refractivity contribution >= 4 is 34.1 Å². The van der Waals surface area contributed by atoms with E-state index in [0.29, 0.717) is 10.9 Å². The van der Waals surface area contributed by atoms with E-state index in [-0.39, 0.29) is 5.91 Å². The van der Waals surface area contributed by atoms with E-state index in [1.807, 2.05) is 29.1 Å². The van der Waals surface area contributed by atoms with Crippen molar-refractivity contribution in [3.8, 4) is 11.4 Å². The lowest BCUT2D eigenvalue weighted by molar-refractivity contribution is -0.114. The number of thioether (sulfide) groups is 1. The van der Waals surface area contributed by atoms with E-state index in [1.54, 1.807) is 11.8 Å². The Kier molecular flexibility index (Phi) is 4.96. The summed E-state index contributed by atoms with van der Waals surface area (Å²) in [5.74, 6) is 1.41. The number of nitrogens with one attached hydrogen (secondary N) is 1. The minimum absolute atomic E-state index is 0.111. The molecule has 3 aromatic rings. The highest BCUT2D eigenvalue weighted by atomic mass is 32.2. The number of benzene rings is 1. The van der Waals surface area contributed by atoms with Gasteiger partial charge in [0.2, 0.25) is 5.91 Å². The Bertz CT molecular complexity index is 854. The first-order valence-electron chi connectivity index (χ1n) is 7.34. The first-order valence-corrected chi connectivity index (χ1v) is 9.20. The van der Waals surface area contributed by atoms with Crippen LogP contribution in [-0.2, 0) is 17.6 Å². The molecule has 1 aromatic carbocycles. The van der Waals surface area contributed by atoms with Crippen molar-refractivity contribution in [1.29, 1.82) is 0 Å². The molecule has 0 atom stereocenters. The molecule has 6 nitrogen and oxygen atoms in total. The van der Waals surface area contributed by atoms with Crippen LogP contribution in [0.4, 0.5) is 5.13 Å². The van der Waals surface area contributed by atoms with E-state index in [1.165, 1.54) is 23.8 Å². The van der Waals surface area contributed by atoms with Gasteiger partial charge < -0.3 is 9.88 Å². The van der Waals surface area contributed by atoms with Crippen molar-refractivity contribution in [1.82, 2.24) is 19.7 Å². The second-order valence-corrected chi connectivity index (χ2v) is 7.15. The van der Waals surface area contributed by atoms with Crippen LogP contribution in [0.5, 0.6) is 0 Å². The second kappa shape index (κ2) is 7.14. The van der Waals surface area contributed by atoms with Crippen LogP contribution in [0, 0.1) is 6.92 Å². The number of hydrogen-bond acceptors (Lipinski definition) is 6. The smallest absolute Gasteiger partial charge is 0.223 e. The molecule has 124 valence electrons. The number of aromatic nitrogens is 4.